The average Bonchev–Trinajstić information content (AvgIpc) is 3.07. The minimum absolute atomic E-state index is 0.0351. The van der Waals surface area contributed by atoms with E-state index in [1.54, 1.807) is 7.11 Å². The Morgan fingerprint density at radius 3 is 2.55 bits per heavy atom. The lowest BCUT2D eigenvalue weighted by Gasteiger charge is -2.19. The second kappa shape index (κ2) is 9.65. The van der Waals surface area contributed by atoms with E-state index in [-0.39, 0.29) is 17.2 Å². The number of rotatable bonds is 8. The van der Waals surface area contributed by atoms with Crippen LogP contribution < -0.4 is 10.1 Å². The minimum atomic E-state index is -0.276. The number of carbonyl (C=O) groups is 1. The van der Waals surface area contributed by atoms with Crippen molar-refractivity contribution in [1.29, 1.82) is 0 Å². The van der Waals surface area contributed by atoms with Crippen molar-refractivity contribution in [3.63, 3.8) is 0 Å². The Hall–Kier alpha value is -2.73. The number of nitrogens with one attached hydrogen (secondary N) is 2. The molecule has 1 heterocycles. The van der Waals surface area contributed by atoms with Gasteiger partial charge in [0.1, 0.15) is 5.75 Å². The van der Waals surface area contributed by atoms with Crippen molar-refractivity contribution >= 4 is 17.7 Å². The van der Waals surface area contributed by atoms with Crippen LogP contribution in [0.3, 0.4) is 0 Å². The highest BCUT2D eigenvalue weighted by atomic mass is 32.2. The molecule has 0 aliphatic heterocycles. The van der Waals surface area contributed by atoms with Gasteiger partial charge in [0.05, 0.1) is 24.1 Å². The lowest BCUT2D eigenvalue weighted by atomic mass is 10.1. The first-order chi connectivity index (χ1) is 14.0. The smallest absolute Gasteiger partial charge is 0.233 e. The summed E-state index contributed by atoms with van der Waals surface area (Å²) in [6.07, 6.45) is 0.773. The number of H-pyrrole nitrogens is 1. The monoisotopic (exact) mass is 409 g/mol. The van der Waals surface area contributed by atoms with Crippen LogP contribution in [0.2, 0.25) is 0 Å². The predicted octanol–water partition coefficient (Wildman–Crippen LogP) is 4.68. The number of thioether (sulfide) groups is 1. The topological polar surface area (TPSA) is 67.0 Å². The molecule has 152 valence electrons. The van der Waals surface area contributed by atoms with E-state index in [2.05, 4.69) is 22.4 Å². The number of benzene rings is 2. The van der Waals surface area contributed by atoms with Crippen molar-refractivity contribution in [2.24, 2.45) is 0 Å². The number of methoxy groups -OCH3 is 1. The maximum Gasteiger partial charge on any atom is 0.233 e. The third-order valence-electron chi connectivity index (χ3n) is 4.80. The minimum Gasteiger partial charge on any atom is -0.496 e. The second-order valence-corrected chi connectivity index (χ2v) is 8.34. The van der Waals surface area contributed by atoms with E-state index >= 15 is 0 Å². The quantitative estimate of drug-likeness (QED) is 0.530. The number of aryl methyl sites for hydroxylation is 1. The summed E-state index contributed by atoms with van der Waals surface area (Å²) in [5.41, 5.74) is 4.22. The Morgan fingerprint density at radius 1 is 1.14 bits per heavy atom. The van der Waals surface area contributed by atoms with Crippen LogP contribution in [-0.4, -0.2) is 28.2 Å². The summed E-state index contributed by atoms with van der Waals surface area (Å²) in [5.74, 6) is 0.736. The molecule has 0 bridgehead atoms. The summed E-state index contributed by atoms with van der Waals surface area (Å²) < 4.78 is 5.40. The molecule has 5 nitrogen and oxygen atoms in total. The van der Waals surface area contributed by atoms with Crippen LogP contribution in [-0.2, 0) is 11.2 Å². The molecule has 2 atom stereocenters. The molecule has 1 aromatic heterocycles. The number of aromatic nitrogens is 2. The molecule has 0 spiro atoms. The van der Waals surface area contributed by atoms with Gasteiger partial charge in [-0.3, -0.25) is 4.79 Å². The molecular weight excluding hydrogens is 382 g/mol. The third-order valence-corrected chi connectivity index (χ3v) is 5.78. The molecule has 2 N–H and O–H groups in total. The van der Waals surface area contributed by atoms with E-state index in [0.717, 1.165) is 34.3 Å². The summed E-state index contributed by atoms with van der Waals surface area (Å²) in [4.78, 5) is 20.7. The maximum atomic E-state index is 12.7. The van der Waals surface area contributed by atoms with Gasteiger partial charge in [-0.25, -0.2) is 4.98 Å². The standard InChI is InChI=1S/C23H27N3O2S/c1-15(19-12-8-9-13-21(19)28-4)24-22(27)17(3)29-23-25-16(2)20(26-23)14-18-10-6-5-7-11-18/h5-13,15,17H,14H2,1-4H3,(H,24,27)(H,25,26)/t15-,17+/m1/s1. The average molecular weight is 410 g/mol. The van der Waals surface area contributed by atoms with Crippen LogP contribution in [0.5, 0.6) is 5.75 Å². The number of para-hydroxylation sites is 1. The molecule has 0 aliphatic rings. The van der Waals surface area contributed by atoms with E-state index in [9.17, 15) is 4.79 Å². The normalized spacial score (nSPS) is 13.0. The first-order valence-corrected chi connectivity index (χ1v) is 10.5. The van der Waals surface area contributed by atoms with Crippen LogP contribution in [0, 0.1) is 6.92 Å². The van der Waals surface area contributed by atoms with Crippen LogP contribution in [0.15, 0.2) is 59.8 Å². The summed E-state index contributed by atoms with van der Waals surface area (Å²) >= 11 is 1.43. The molecule has 0 saturated heterocycles. The van der Waals surface area contributed by atoms with Gasteiger partial charge >= 0.3 is 0 Å². The largest absolute Gasteiger partial charge is 0.496 e. The number of carbonyl (C=O) groups excluding carboxylic acids is 1. The molecule has 0 radical (unpaired) electrons. The third kappa shape index (κ3) is 5.41. The van der Waals surface area contributed by atoms with E-state index in [1.807, 2.05) is 63.2 Å². The Bertz CT molecular complexity index is 956. The van der Waals surface area contributed by atoms with Crippen LogP contribution in [0.1, 0.15) is 42.4 Å². The Labute approximate surface area is 176 Å². The predicted molar refractivity (Wildman–Crippen MR) is 117 cm³/mol. The van der Waals surface area contributed by atoms with Crippen molar-refractivity contribution in [3.8, 4) is 5.75 Å². The second-order valence-electron chi connectivity index (χ2n) is 7.01. The van der Waals surface area contributed by atoms with Crippen molar-refractivity contribution in [2.75, 3.05) is 7.11 Å². The molecular formula is C23H27N3O2S. The van der Waals surface area contributed by atoms with Gasteiger partial charge in [-0.05, 0) is 32.4 Å². The highest BCUT2D eigenvalue weighted by Crippen LogP contribution is 2.26. The highest BCUT2D eigenvalue weighted by Gasteiger charge is 2.21. The van der Waals surface area contributed by atoms with Gasteiger partial charge in [0.2, 0.25) is 5.91 Å². The molecule has 6 heteroatoms. The Morgan fingerprint density at radius 2 is 1.83 bits per heavy atom. The fourth-order valence-electron chi connectivity index (χ4n) is 3.14. The van der Waals surface area contributed by atoms with Crippen molar-refractivity contribution in [2.45, 2.75) is 43.6 Å². The number of nitrogens with zero attached hydrogens (tertiary/aromatic N) is 1. The zero-order chi connectivity index (χ0) is 20.8. The number of aromatic amines is 1. The molecule has 1 amide bonds. The number of imidazole rings is 1. The van der Waals surface area contributed by atoms with Crippen molar-refractivity contribution in [1.82, 2.24) is 15.3 Å². The van der Waals surface area contributed by atoms with Crippen LogP contribution in [0.4, 0.5) is 0 Å². The van der Waals surface area contributed by atoms with E-state index in [0.29, 0.717) is 0 Å². The van der Waals surface area contributed by atoms with Gasteiger partial charge < -0.3 is 15.0 Å². The van der Waals surface area contributed by atoms with E-state index in [4.69, 9.17) is 9.72 Å². The maximum absolute atomic E-state index is 12.7. The molecule has 0 fully saturated rings. The summed E-state index contributed by atoms with van der Waals surface area (Å²) in [7, 11) is 1.64. The van der Waals surface area contributed by atoms with Gasteiger partial charge in [-0.15, -0.1) is 0 Å². The zero-order valence-electron chi connectivity index (χ0n) is 17.2. The SMILES string of the molecule is COc1ccccc1[C@@H](C)NC(=O)[C@H](C)Sc1nc(Cc2ccccc2)c(C)[nH]1. The van der Waals surface area contributed by atoms with E-state index < -0.39 is 0 Å². The fraction of sp³-hybridized carbons (Fsp3) is 0.304. The summed E-state index contributed by atoms with van der Waals surface area (Å²) in [6, 6.07) is 17.8. The number of hydrogen-bond acceptors (Lipinski definition) is 4. The van der Waals surface area contributed by atoms with Crippen LogP contribution >= 0.6 is 11.8 Å². The van der Waals surface area contributed by atoms with E-state index in [1.165, 1.54) is 17.3 Å². The van der Waals surface area contributed by atoms with Gasteiger partial charge in [0.15, 0.2) is 5.16 Å². The first-order valence-electron chi connectivity index (χ1n) is 9.67. The van der Waals surface area contributed by atoms with Crippen LogP contribution in [0.25, 0.3) is 0 Å². The summed E-state index contributed by atoms with van der Waals surface area (Å²) in [5, 5.41) is 3.56. The fourth-order valence-corrected chi connectivity index (χ4v) is 4.02. The molecule has 3 rings (SSSR count). The van der Waals surface area contributed by atoms with Crippen molar-refractivity contribution in [3.05, 3.63) is 77.1 Å². The lowest BCUT2D eigenvalue weighted by molar-refractivity contribution is -0.120. The molecule has 29 heavy (non-hydrogen) atoms. The van der Waals surface area contributed by atoms with Gasteiger partial charge in [0.25, 0.3) is 0 Å². The molecule has 0 saturated carbocycles. The number of amides is 1. The first kappa shape index (κ1) is 21.0. The number of ether oxygens (including phenoxy) is 1. The molecule has 0 unspecified atom stereocenters. The van der Waals surface area contributed by atoms with Gasteiger partial charge in [-0.2, -0.15) is 0 Å². The van der Waals surface area contributed by atoms with Crippen molar-refractivity contribution < 1.29 is 9.53 Å². The highest BCUT2D eigenvalue weighted by molar-refractivity contribution is 8.00. The lowest BCUT2D eigenvalue weighted by Crippen LogP contribution is -2.33. The molecule has 0 aliphatic carbocycles. The molecule has 3 aromatic rings. The molecule has 2 aromatic carbocycles. The Kier molecular flexibility index (Phi) is 6.99. The Balaban J connectivity index is 1.61. The summed E-state index contributed by atoms with van der Waals surface area (Å²) in [6.45, 7) is 5.87. The van der Waals surface area contributed by atoms with Gasteiger partial charge in [0, 0.05) is 17.7 Å². The van der Waals surface area contributed by atoms with Gasteiger partial charge in [-0.1, -0.05) is 60.3 Å². The number of hydrogen-bond donors (Lipinski definition) is 2. The zero-order valence-corrected chi connectivity index (χ0v) is 18.0.